The molecule has 2 bridgehead atoms. The van der Waals surface area contributed by atoms with E-state index in [9.17, 15) is 36.6 Å². The van der Waals surface area contributed by atoms with Crippen LogP contribution in [0.4, 0.5) is 26.3 Å². The second kappa shape index (κ2) is 4.77. The van der Waals surface area contributed by atoms with E-state index in [0.29, 0.717) is 0 Å². The summed E-state index contributed by atoms with van der Waals surface area (Å²) in [6.45, 7) is 3.90. The Hall–Kier alpha value is -0.500. The van der Waals surface area contributed by atoms with Gasteiger partial charge < -0.3 is 10.2 Å². The zero-order chi connectivity index (χ0) is 17.5. The number of aliphatic hydroxyl groups is 2. The monoisotopic (exact) mass is 346 g/mol. The highest BCUT2D eigenvalue weighted by atomic mass is 19.4. The van der Waals surface area contributed by atoms with E-state index >= 15 is 0 Å². The van der Waals surface area contributed by atoms with Crippen molar-refractivity contribution >= 4 is 0 Å². The summed E-state index contributed by atoms with van der Waals surface area (Å²) in [7, 11) is 0. The fourth-order valence-electron chi connectivity index (χ4n) is 5.74. The van der Waals surface area contributed by atoms with E-state index in [2.05, 4.69) is 0 Å². The molecule has 0 amide bonds. The maximum Gasteiger partial charge on any atom is 0.426 e. The van der Waals surface area contributed by atoms with Gasteiger partial charge in [0.1, 0.15) is 0 Å². The van der Waals surface area contributed by atoms with Gasteiger partial charge in [0.25, 0.3) is 5.60 Å². The summed E-state index contributed by atoms with van der Waals surface area (Å²) in [4.78, 5) is 0. The highest BCUT2D eigenvalue weighted by Crippen LogP contribution is 2.67. The molecule has 2 nitrogen and oxygen atoms in total. The summed E-state index contributed by atoms with van der Waals surface area (Å²) in [5, 5.41) is 19.9. The van der Waals surface area contributed by atoms with Crippen LogP contribution in [0.1, 0.15) is 26.7 Å². The molecule has 0 radical (unpaired) electrons. The molecule has 8 unspecified atom stereocenters. The third-order valence-electron chi connectivity index (χ3n) is 7.00. The Morgan fingerprint density at radius 3 is 1.74 bits per heavy atom. The molecule has 0 saturated heterocycles. The predicted molar refractivity (Wildman–Crippen MR) is 68.1 cm³/mol. The quantitative estimate of drug-likeness (QED) is 0.715. The van der Waals surface area contributed by atoms with E-state index in [1.54, 1.807) is 0 Å². The molecule has 3 aliphatic rings. The Labute approximate surface area is 129 Å². The molecular weight excluding hydrogens is 326 g/mol. The average Bonchev–Trinajstić information content (AvgIpc) is 2.99. The number of fused-ring (bicyclic) bond motifs is 5. The Kier molecular flexibility index (Phi) is 3.60. The first-order chi connectivity index (χ1) is 10.3. The molecule has 8 heteroatoms. The van der Waals surface area contributed by atoms with E-state index in [0.717, 1.165) is 6.42 Å². The van der Waals surface area contributed by atoms with Gasteiger partial charge in [0.05, 0.1) is 6.10 Å². The van der Waals surface area contributed by atoms with Crippen molar-refractivity contribution in [3.05, 3.63) is 0 Å². The minimum absolute atomic E-state index is 0.0327. The van der Waals surface area contributed by atoms with Crippen LogP contribution in [0.5, 0.6) is 0 Å². The summed E-state index contributed by atoms with van der Waals surface area (Å²) >= 11 is 0. The molecule has 3 saturated carbocycles. The van der Waals surface area contributed by atoms with Crippen molar-refractivity contribution in [2.24, 2.45) is 41.4 Å². The molecule has 0 aromatic carbocycles. The summed E-state index contributed by atoms with van der Waals surface area (Å²) < 4.78 is 78.5. The lowest BCUT2D eigenvalue weighted by Gasteiger charge is -2.39. The van der Waals surface area contributed by atoms with Gasteiger partial charge in [-0.05, 0) is 48.3 Å². The van der Waals surface area contributed by atoms with Crippen molar-refractivity contribution in [3.8, 4) is 0 Å². The summed E-state index contributed by atoms with van der Waals surface area (Å²) in [6, 6.07) is 0. The Balaban J connectivity index is 1.97. The molecule has 134 valence electrons. The highest BCUT2D eigenvalue weighted by molar-refractivity contribution is 5.15. The van der Waals surface area contributed by atoms with Gasteiger partial charge in [-0.25, -0.2) is 0 Å². The molecule has 3 fully saturated rings. The van der Waals surface area contributed by atoms with Crippen molar-refractivity contribution in [3.63, 3.8) is 0 Å². The predicted octanol–water partition coefficient (Wildman–Crippen LogP) is 3.38. The van der Waals surface area contributed by atoms with E-state index < -0.39 is 42.3 Å². The lowest BCUT2D eigenvalue weighted by atomic mass is 9.70. The molecule has 3 rings (SSSR count). The van der Waals surface area contributed by atoms with Crippen LogP contribution in [0.3, 0.4) is 0 Å². The van der Waals surface area contributed by atoms with Crippen LogP contribution in [-0.4, -0.2) is 34.3 Å². The normalized spacial score (nSPS) is 47.2. The lowest BCUT2D eigenvalue weighted by Crippen LogP contribution is -2.63. The van der Waals surface area contributed by atoms with Gasteiger partial charge in [0.15, 0.2) is 0 Å². The van der Waals surface area contributed by atoms with E-state index in [1.165, 1.54) is 0 Å². The second-order valence-electron chi connectivity index (χ2n) is 7.62. The van der Waals surface area contributed by atoms with Crippen LogP contribution < -0.4 is 0 Å². The Bertz CT molecular complexity index is 473. The van der Waals surface area contributed by atoms with Crippen LogP contribution in [0, 0.1) is 41.4 Å². The summed E-state index contributed by atoms with van der Waals surface area (Å²) in [5.41, 5.74) is -4.85. The zero-order valence-electron chi connectivity index (χ0n) is 12.7. The van der Waals surface area contributed by atoms with Crippen LogP contribution >= 0.6 is 0 Å². The molecule has 2 N–H and O–H groups in total. The fourth-order valence-corrected chi connectivity index (χ4v) is 5.74. The number of rotatable bonds is 1. The minimum Gasteiger partial charge on any atom is -0.392 e. The standard InChI is InChI=1S/C15H20F6O2/c1-5-6(2)8-3-7(5)9-4-10(12(22)11(8)9)13(23,14(16,17)18)15(19,20)21/h5-12,22-23H,3-4H2,1-2H3. The highest BCUT2D eigenvalue weighted by Gasteiger charge is 2.78. The second-order valence-corrected chi connectivity index (χ2v) is 7.62. The molecular formula is C15H20F6O2. The number of hydrogen-bond acceptors (Lipinski definition) is 2. The third kappa shape index (κ3) is 2.03. The minimum atomic E-state index is -5.87. The first kappa shape index (κ1) is 17.3. The maximum absolute atomic E-state index is 13.1. The van der Waals surface area contributed by atoms with Crippen molar-refractivity contribution < 1.29 is 36.6 Å². The molecule has 0 aliphatic heterocycles. The topological polar surface area (TPSA) is 40.5 Å². The molecule has 8 atom stereocenters. The molecule has 0 aromatic rings. The third-order valence-corrected chi connectivity index (χ3v) is 7.00. The first-order valence-electron chi connectivity index (χ1n) is 7.86. The average molecular weight is 346 g/mol. The van der Waals surface area contributed by atoms with Crippen LogP contribution in [0.2, 0.25) is 0 Å². The van der Waals surface area contributed by atoms with Gasteiger partial charge in [-0.15, -0.1) is 0 Å². The van der Waals surface area contributed by atoms with Gasteiger partial charge in [0.2, 0.25) is 0 Å². The smallest absolute Gasteiger partial charge is 0.392 e. The molecule has 0 spiro atoms. The number of alkyl halides is 6. The van der Waals surface area contributed by atoms with Crippen molar-refractivity contribution in [1.82, 2.24) is 0 Å². The Morgan fingerprint density at radius 1 is 0.783 bits per heavy atom. The molecule has 0 aromatic heterocycles. The summed E-state index contributed by atoms with van der Waals surface area (Å²) in [6.07, 6.45) is -13.2. The number of halogens is 6. The number of hydrogen-bond donors (Lipinski definition) is 2. The van der Waals surface area contributed by atoms with Gasteiger partial charge in [-0.1, -0.05) is 13.8 Å². The first-order valence-corrected chi connectivity index (χ1v) is 7.86. The molecule has 0 heterocycles. The molecule has 23 heavy (non-hydrogen) atoms. The Morgan fingerprint density at radius 2 is 1.26 bits per heavy atom. The maximum atomic E-state index is 13.1. The van der Waals surface area contributed by atoms with Crippen molar-refractivity contribution in [2.75, 3.05) is 0 Å². The fraction of sp³-hybridized carbons (Fsp3) is 1.00. The van der Waals surface area contributed by atoms with Gasteiger partial charge in [-0.2, -0.15) is 26.3 Å². The van der Waals surface area contributed by atoms with Crippen LogP contribution in [0.15, 0.2) is 0 Å². The van der Waals surface area contributed by atoms with E-state index in [-0.39, 0.29) is 29.6 Å². The van der Waals surface area contributed by atoms with Crippen LogP contribution in [0.25, 0.3) is 0 Å². The van der Waals surface area contributed by atoms with Crippen molar-refractivity contribution in [2.45, 2.75) is 50.7 Å². The van der Waals surface area contributed by atoms with Crippen LogP contribution in [-0.2, 0) is 0 Å². The van der Waals surface area contributed by atoms with Gasteiger partial charge in [-0.3, -0.25) is 0 Å². The zero-order valence-corrected chi connectivity index (χ0v) is 12.7. The largest absolute Gasteiger partial charge is 0.426 e. The number of aliphatic hydroxyl groups excluding tert-OH is 1. The molecule has 3 aliphatic carbocycles. The van der Waals surface area contributed by atoms with Crippen molar-refractivity contribution in [1.29, 1.82) is 0 Å². The van der Waals surface area contributed by atoms with Gasteiger partial charge >= 0.3 is 12.4 Å². The SMILES string of the molecule is CC1C(C)C2CC1C1CC(C(O)(C(F)(F)F)C(F)(F)F)C(O)C21. The van der Waals surface area contributed by atoms with E-state index in [4.69, 9.17) is 0 Å². The van der Waals surface area contributed by atoms with Gasteiger partial charge in [0, 0.05) is 5.92 Å². The summed E-state index contributed by atoms with van der Waals surface area (Å²) in [5.74, 6) is -2.84. The van der Waals surface area contributed by atoms with E-state index in [1.807, 2.05) is 13.8 Å². The lowest BCUT2D eigenvalue weighted by molar-refractivity contribution is -0.390.